The summed E-state index contributed by atoms with van der Waals surface area (Å²) < 4.78 is 1.00. The average Bonchev–Trinajstić information content (AvgIpc) is 2.75. The zero-order valence-corrected chi connectivity index (χ0v) is 11.4. The van der Waals surface area contributed by atoms with Crippen molar-refractivity contribution in [1.82, 2.24) is 4.98 Å². The number of aromatic nitrogens is 1. The lowest BCUT2D eigenvalue weighted by Crippen LogP contribution is -2.00. The van der Waals surface area contributed by atoms with Gasteiger partial charge in [-0.05, 0) is 45.4 Å². The summed E-state index contributed by atoms with van der Waals surface area (Å²) in [6.45, 7) is 3.07. The molecular weight excluding hydrogens is 284 g/mol. The predicted molar refractivity (Wildman–Crippen MR) is 73.0 cm³/mol. The Kier molecular flexibility index (Phi) is 3.96. The van der Waals surface area contributed by atoms with Crippen LogP contribution in [0.5, 0.6) is 0 Å². The van der Waals surface area contributed by atoms with Gasteiger partial charge < -0.3 is 5.32 Å². The Morgan fingerprint density at radius 2 is 2.31 bits per heavy atom. The van der Waals surface area contributed by atoms with Crippen molar-refractivity contribution in [2.45, 2.75) is 19.9 Å². The molecule has 0 unspecified atom stereocenters. The second kappa shape index (κ2) is 5.46. The molecule has 0 aliphatic carbocycles. The molecule has 0 amide bonds. The fourth-order valence-electron chi connectivity index (χ4n) is 1.53. The third-order valence-electron chi connectivity index (χ3n) is 2.43. The Morgan fingerprint density at radius 3 is 3.06 bits per heavy atom. The van der Waals surface area contributed by atoms with E-state index < -0.39 is 0 Å². The van der Waals surface area contributed by atoms with Crippen molar-refractivity contribution in [2.75, 3.05) is 5.32 Å². The van der Waals surface area contributed by atoms with Gasteiger partial charge >= 0.3 is 0 Å². The number of aryl methyl sites for hydroxylation is 1. The second-order valence-corrected chi connectivity index (χ2v) is 5.29. The lowest BCUT2D eigenvalue weighted by Gasteiger charge is -2.07. The molecule has 0 bridgehead atoms. The highest BCUT2D eigenvalue weighted by Crippen LogP contribution is 2.23. The molecule has 2 heterocycles. The molecule has 1 N–H and O–H groups in total. The summed E-state index contributed by atoms with van der Waals surface area (Å²) in [5, 5.41) is 5.56. The lowest BCUT2D eigenvalue weighted by atomic mass is 10.2. The SMILES string of the molecule is CCc1ccsc1CNc1ccncc1Br. The van der Waals surface area contributed by atoms with Gasteiger partial charge in [0.15, 0.2) is 0 Å². The molecule has 0 aliphatic heterocycles. The van der Waals surface area contributed by atoms with Crippen LogP contribution < -0.4 is 5.32 Å². The Hall–Kier alpha value is -0.870. The molecule has 0 radical (unpaired) electrons. The van der Waals surface area contributed by atoms with E-state index in [0.29, 0.717) is 0 Å². The standard InChI is InChI=1S/C12H13BrN2S/c1-2-9-4-6-16-12(9)8-15-11-3-5-14-7-10(11)13/h3-7H,2,8H2,1H3,(H,14,15). The minimum absolute atomic E-state index is 0.878. The van der Waals surface area contributed by atoms with Crippen LogP contribution in [0.2, 0.25) is 0 Å². The number of anilines is 1. The summed E-state index contributed by atoms with van der Waals surface area (Å²) in [6, 6.07) is 4.17. The molecule has 0 aliphatic rings. The molecular formula is C12H13BrN2S. The summed E-state index contributed by atoms with van der Waals surface area (Å²) in [6.07, 6.45) is 4.69. The van der Waals surface area contributed by atoms with E-state index in [9.17, 15) is 0 Å². The zero-order chi connectivity index (χ0) is 11.4. The third-order valence-corrected chi connectivity index (χ3v) is 4.03. The van der Waals surface area contributed by atoms with E-state index in [-0.39, 0.29) is 0 Å². The molecule has 0 saturated heterocycles. The van der Waals surface area contributed by atoms with Gasteiger partial charge in [-0.3, -0.25) is 4.98 Å². The third kappa shape index (κ3) is 2.62. The number of nitrogens with one attached hydrogen (secondary N) is 1. The van der Waals surface area contributed by atoms with Gasteiger partial charge in [-0.15, -0.1) is 11.3 Å². The summed E-state index contributed by atoms with van der Waals surface area (Å²) >= 11 is 5.28. The molecule has 0 spiro atoms. The second-order valence-electron chi connectivity index (χ2n) is 3.43. The minimum Gasteiger partial charge on any atom is -0.379 e. The molecule has 0 atom stereocenters. The minimum atomic E-state index is 0.878. The Morgan fingerprint density at radius 1 is 1.44 bits per heavy atom. The van der Waals surface area contributed by atoms with Gasteiger partial charge in [0.1, 0.15) is 0 Å². The highest BCUT2D eigenvalue weighted by Gasteiger charge is 2.03. The van der Waals surface area contributed by atoms with Crippen LogP contribution in [0.1, 0.15) is 17.4 Å². The van der Waals surface area contributed by atoms with Gasteiger partial charge in [-0.1, -0.05) is 6.92 Å². The van der Waals surface area contributed by atoms with Gasteiger partial charge in [-0.2, -0.15) is 0 Å². The van der Waals surface area contributed by atoms with Crippen molar-refractivity contribution < 1.29 is 0 Å². The molecule has 0 saturated carbocycles. The molecule has 4 heteroatoms. The number of halogens is 1. The smallest absolute Gasteiger partial charge is 0.0590 e. The van der Waals surface area contributed by atoms with Gasteiger partial charge in [0, 0.05) is 23.8 Å². The number of hydrogen-bond donors (Lipinski definition) is 1. The van der Waals surface area contributed by atoms with E-state index in [1.54, 1.807) is 23.7 Å². The average molecular weight is 297 g/mol. The molecule has 2 nitrogen and oxygen atoms in total. The summed E-state index contributed by atoms with van der Waals surface area (Å²) in [4.78, 5) is 5.45. The Labute approximate surface area is 108 Å². The van der Waals surface area contributed by atoms with Crippen LogP contribution in [0.15, 0.2) is 34.4 Å². The van der Waals surface area contributed by atoms with E-state index >= 15 is 0 Å². The fourth-order valence-corrected chi connectivity index (χ4v) is 2.84. The Bertz CT molecular complexity index is 468. The van der Waals surface area contributed by atoms with E-state index in [2.05, 4.69) is 44.6 Å². The maximum absolute atomic E-state index is 4.04. The maximum Gasteiger partial charge on any atom is 0.0590 e. The van der Waals surface area contributed by atoms with Crippen LogP contribution >= 0.6 is 27.3 Å². The van der Waals surface area contributed by atoms with Crippen LogP contribution in [0.3, 0.4) is 0 Å². The van der Waals surface area contributed by atoms with E-state index in [4.69, 9.17) is 0 Å². The van der Waals surface area contributed by atoms with Gasteiger partial charge in [0.25, 0.3) is 0 Å². The number of rotatable bonds is 4. The number of nitrogens with zero attached hydrogens (tertiary/aromatic N) is 1. The van der Waals surface area contributed by atoms with Crippen LogP contribution in [0.4, 0.5) is 5.69 Å². The molecule has 2 aromatic rings. The summed E-state index contributed by atoms with van der Waals surface area (Å²) in [5.74, 6) is 0. The van der Waals surface area contributed by atoms with Crippen molar-refractivity contribution in [2.24, 2.45) is 0 Å². The number of thiophene rings is 1. The first kappa shape index (κ1) is 11.6. The molecule has 16 heavy (non-hydrogen) atoms. The first-order valence-corrected chi connectivity index (χ1v) is 6.87. The van der Waals surface area contributed by atoms with E-state index in [0.717, 1.165) is 23.1 Å². The molecule has 2 aromatic heterocycles. The van der Waals surface area contributed by atoms with E-state index in [1.165, 1.54) is 10.4 Å². The number of hydrogen-bond acceptors (Lipinski definition) is 3. The Balaban J connectivity index is 2.05. The summed E-state index contributed by atoms with van der Waals surface area (Å²) in [7, 11) is 0. The summed E-state index contributed by atoms with van der Waals surface area (Å²) in [5.41, 5.74) is 2.52. The molecule has 0 aromatic carbocycles. The topological polar surface area (TPSA) is 24.9 Å². The first-order valence-electron chi connectivity index (χ1n) is 5.20. The van der Waals surface area contributed by atoms with Crippen molar-refractivity contribution in [3.63, 3.8) is 0 Å². The maximum atomic E-state index is 4.04. The van der Waals surface area contributed by atoms with Crippen LogP contribution in [-0.2, 0) is 13.0 Å². The van der Waals surface area contributed by atoms with Crippen molar-refractivity contribution in [3.8, 4) is 0 Å². The highest BCUT2D eigenvalue weighted by molar-refractivity contribution is 9.10. The number of pyridine rings is 1. The van der Waals surface area contributed by atoms with Gasteiger partial charge in [0.05, 0.1) is 10.2 Å². The zero-order valence-electron chi connectivity index (χ0n) is 9.03. The molecule has 2 rings (SSSR count). The normalized spacial score (nSPS) is 10.4. The molecule has 84 valence electrons. The van der Waals surface area contributed by atoms with Crippen LogP contribution in [-0.4, -0.2) is 4.98 Å². The van der Waals surface area contributed by atoms with Gasteiger partial charge in [0.2, 0.25) is 0 Å². The predicted octanol–water partition coefficient (Wildman–Crippen LogP) is 4.08. The van der Waals surface area contributed by atoms with E-state index in [1.807, 2.05) is 6.07 Å². The first-order chi connectivity index (χ1) is 7.81. The molecule has 0 fully saturated rings. The van der Waals surface area contributed by atoms with Crippen molar-refractivity contribution in [1.29, 1.82) is 0 Å². The lowest BCUT2D eigenvalue weighted by molar-refractivity contribution is 1.08. The van der Waals surface area contributed by atoms with Crippen molar-refractivity contribution >= 4 is 33.0 Å². The van der Waals surface area contributed by atoms with Crippen LogP contribution in [0.25, 0.3) is 0 Å². The fraction of sp³-hybridized carbons (Fsp3) is 0.250. The quantitative estimate of drug-likeness (QED) is 0.919. The largest absolute Gasteiger partial charge is 0.379 e. The van der Waals surface area contributed by atoms with Gasteiger partial charge in [-0.25, -0.2) is 0 Å². The van der Waals surface area contributed by atoms with Crippen LogP contribution in [0, 0.1) is 0 Å². The van der Waals surface area contributed by atoms with Crippen molar-refractivity contribution in [3.05, 3.63) is 44.8 Å². The highest BCUT2D eigenvalue weighted by atomic mass is 79.9. The monoisotopic (exact) mass is 296 g/mol.